The van der Waals surface area contributed by atoms with Gasteiger partial charge in [0.05, 0.1) is 0 Å². The predicted octanol–water partition coefficient (Wildman–Crippen LogP) is 22.3. The summed E-state index contributed by atoms with van der Waals surface area (Å²) in [6.45, 7) is 6.51. The van der Waals surface area contributed by atoms with Gasteiger partial charge in [-0.3, -0.25) is 14.4 Å². The molecular formula is C70H122O6. The third-order valence-corrected chi connectivity index (χ3v) is 14.1. The lowest BCUT2D eigenvalue weighted by Gasteiger charge is -2.18. The zero-order valence-electron chi connectivity index (χ0n) is 50.3. The fraction of sp³-hybridized carbons (Fsp3) is 0.757. The van der Waals surface area contributed by atoms with Gasteiger partial charge < -0.3 is 14.2 Å². The van der Waals surface area contributed by atoms with Gasteiger partial charge in [-0.15, -0.1) is 0 Å². The number of hydrogen-bond acceptors (Lipinski definition) is 6. The van der Waals surface area contributed by atoms with Crippen molar-refractivity contribution in [2.24, 2.45) is 0 Å². The molecule has 6 heteroatoms. The maximum absolute atomic E-state index is 12.9. The van der Waals surface area contributed by atoms with E-state index in [-0.39, 0.29) is 37.5 Å². The van der Waals surface area contributed by atoms with Gasteiger partial charge in [0.15, 0.2) is 6.10 Å². The van der Waals surface area contributed by atoms with E-state index in [2.05, 4.69) is 106 Å². The van der Waals surface area contributed by atoms with Crippen LogP contribution in [0.4, 0.5) is 0 Å². The Balaban J connectivity index is 4.41. The third kappa shape index (κ3) is 61.4. The molecule has 438 valence electrons. The standard InChI is InChI=1S/C70H122O6/c1-4-7-10-13-16-19-22-25-28-31-33-34-35-36-37-40-42-45-48-51-54-57-60-63-69(72)75-66-67(65-74-68(71)62-59-56-53-50-47-44-41-38-30-27-24-21-18-15-12-9-6-3)76-70(73)64-61-58-55-52-49-46-43-39-32-29-26-23-20-17-14-11-8-5-2/h9,12,18,21,27,29-33,41,44,50,53,67H,4-8,10-11,13-17,19-20,22-26,28,34-40,42-43,45-49,51-52,54-66H2,1-3H3/b12-9-,21-18-,30-27-,32-29-,33-31-,44-41-,53-50-. The Bertz CT molecular complexity index is 1450. The summed E-state index contributed by atoms with van der Waals surface area (Å²) in [5.41, 5.74) is 0. The van der Waals surface area contributed by atoms with Crippen LogP contribution in [0.3, 0.4) is 0 Å². The minimum Gasteiger partial charge on any atom is -0.462 e. The van der Waals surface area contributed by atoms with Crippen LogP contribution in [-0.4, -0.2) is 37.2 Å². The van der Waals surface area contributed by atoms with E-state index < -0.39 is 6.10 Å². The van der Waals surface area contributed by atoms with E-state index in [1.165, 1.54) is 199 Å². The average Bonchev–Trinajstić information content (AvgIpc) is 3.42. The van der Waals surface area contributed by atoms with Crippen LogP contribution in [-0.2, 0) is 28.6 Å². The van der Waals surface area contributed by atoms with Crippen LogP contribution >= 0.6 is 0 Å². The van der Waals surface area contributed by atoms with Crippen LogP contribution in [0.15, 0.2) is 85.1 Å². The number of esters is 3. The molecule has 6 nitrogen and oxygen atoms in total. The molecule has 0 saturated heterocycles. The highest BCUT2D eigenvalue weighted by atomic mass is 16.6. The molecule has 0 radical (unpaired) electrons. The van der Waals surface area contributed by atoms with Crippen molar-refractivity contribution >= 4 is 17.9 Å². The van der Waals surface area contributed by atoms with Crippen LogP contribution < -0.4 is 0 Å². The third-order valence-electron chi connectivity index (χ3n) is 14.1. The first-order valence-electron chi connectivity index (χ1n) is 32.6. The smallest absolute Gasteiger partial charge is 0.306 e. The van der Waals surface area contributed by atoms with Crippen molar-refractivity contribution in [1.82, 2.24) is 0 Å². The molecule has 0 saturated carbocycles. The largest absolute Gasteiger partial charge is 0.462 e. The highest BCUT2D eigenvalue weighted by Crippen LogP contribution is 2.16. The van der Waals surface area contributed by atoms with Gasteiger partial charge in [0.1, 0.15) is 13.2 Å². The number of unbranched alkanes of at least 4 members (excludes halogenated alkanes) is 34. The lowest BCUT2D eigenvalue weighted by Crippen LogP contribution is -2.30. The summed E-state index contributed by atoms with van der Waals surface area (Å²) in [7, 11) is 0. The van der Waals surface area contributed by atoms with E-state index in [1.54, 1.807) is 0 Å². The summed E-state index contributed by atoms with van der Waals surface area (Å²) >= 11 is 0. The molecule has 0 N–H and O–H groups in total. The molecular weight excluding hydrogens is 937 g/mol. The summed E-state index contributed by atoms with van der Waals surface area (Å²) in [6.07, 6.45) is 84.6. The molecule has 0 aliphatic carbocycles. The Morgan fingerprint density at radius 3 is 0.868 bits per heavy atom. The number of ether oxygens (including phenoxy) is 3. The molecule has 0 spiro atoms. The van der Waals surface area contributed by atoms with E-state index in [4.69, 9.17) is 14.2 Å². The van der Waals surface area contributed by atoms with Crippen LogP contribution in [0.25, 0.3) is 0 Å². The van der Waals surface area contributed by atoms with Gasteiger partial charge in [0.2, 0.25) is 0 Å². The lowest BCUT2D eigenvalue weighted by atomic mass is 10.0. The number of carbonyl (C=O) groups is 3. The zero-order valence-corrected chi connectivity index (χ0v) is 50.3. The Morgan fingerprint density at radius 1 is 0.276 bits per heavy atom. The molecule has 0 bridgehead atoms. The minimum absolute atomic E-state index is 0.0950. The molecule has 0 rings (SSSR count). The maximum atomic E-state index is 12.9. The van der Waals surface area contributed by atoms with Crippen molar-refractivity contribution in [3.63, 3.8) is 0 Å². The van der Waals surface area contributed by atoms with Gasteiger partial charge in [-0.2, -0.15) is 0 Å². The normalized spacial score (nSPS) is 12.6. The fourth-order valence-corrected chi connectivity index (χ4v) is 9.23. The molecule has 0 amide bonds. The van der Waals surface area contributed by atoms with E-state index in [0.717, 1.165) is 77.0 Å². The monoisotopic (exact) mass is 1060 g/mol. The Kier molecular flexibility index (Phi) is 61.2. The summed E-state index contributed by atoms with van der Waals surface area (Å²) in [5, 5.41) is 0. The van der Waals surface area contributed by atoms with Gasteiger partial charge in [0, 0.05) is 19.3 Å². The molecule has 0 aliphatic heterocycles. The molecule has 0 aliphatic rings. The van der Waals surface area contributed by atoms with E-state index >= 15 is 0 Å². The molecule has 76 heavy (non-hydrogen) atoms. The van der Waals surface area contributed by atoms with Crippen molar-refractivity contribution in [3.8, 4) is 0 Å². The molecule has 0 aromatic rings. The zero-order chi connectivity index (χ0) is 55.0. The first kappa shape index (κ1) is 72.6. The lowest BCUT2D eigenvalue weighted by molar-refractivity contribution is -0.167. The number of allylic oxidation sites excluding steroid dienone is 14. The van der Waals surface area contributed by atoms with Crippen molar-refractivity contribution in [1.29, 1.82) is 0 Å². The molecule has 0 aromatic carbocycles. The Hall–Kier alpha value is -3.41. The van der Waals surface area contributed by atoms with Crippen LogP contribution in [0.5, 0.6) is 0 Å². The maximum Gasteiger partial charge on any atom is 0.306 e. The summed E-state index contributed by atoms with van der Waals surface area (Å²) in [5.74, 6) is -0.948. The number of hydrogen-bond donors (Lipinski definition) is 0. The quantitative estimate of drug-likeness (QED) is 0.0261. The van der Waals surface area contributed by atoms with Gasteiger partial charge in [-0.25, -0.2) is 0 Å². The Morgan fingerprint density at radius 2 is 0.526 bits per heavy atom. The van der Waals surface area contributed by atoms with Crippen molar-refractivity contribution in [2.45, 2.75) is 329 Å². The number of rotatable bonds is 59. The highest BCUT2D eigenvalue weighted by Gasteiger charge is 2.19. The number of carbonyl (C=O) groups excluding carboxylic acids is 3. The predicted molar refractivity (Wildman–Crippen MR) is 330 cm³/mol. The molecule has 0 heterocycles. The van der Waals surface area contributed by atoms with Crippen LogP contribution in [0.2, 0.25) is 0 Å². The van der Waals surface area contributed by atoms with Crippen LogP contribution in [0.1, 0.15) is 323 Å². The van der Waals surface area contributed by atoms with Crippen molar-refractivity contribution in [3.05, 3.63) is 85.1 Å². The van der Waals surface area contributed by atoms with Crippen LogP contribution in [0, 0.1) is 0 Å². The highest BCUT2D eigenvalue weighted by molar-refractivity contribution is 5.71. The Labute approximate surface area is 471 Å². The molecule has 0 fully saturated rings. The minimum atomic E-state index is -0.804. The summed E-state index contributed by atoms with van der Waals surface area (Å²) in [6, 6.07) is 0. The molecule has 0 aromatic heterocycles. The first-order chi connectivity index (χ1) is 37.5. The fourth-order valence-electron chi connectivity index (χ4n) is 9.23. The van der Waals surface area contributed by atoms with E-state index in [1.807, 2.05) is 0 Å². The SMILES string of the molecule is CC/C=C\C/C=C\C/C=C\C/C=C\C/C=C\CCCC(=O)OCC(COC(=O)CCCCCCCCCCCCC/C=C\CCCCCCCCCC)OC(=O)CCCCCCCCC/C=C\CCCCCCCCC. The van der Waals surface area contributed by atoms with Crippen molar-refractivity contribution in [2.75, 3.05) is 13.2 Å². The second-order valence-corrected chi connectivity index (χ2v) is 21.6. The average molecular weight is 1060 g/mol. The van der Waals surface area contributed by atoms with Gasteiger partial charge in [-0.05, 0) is 109 Å². The second kappa shape index (κ2) is 64.1. The summed E-state index contributed by atoms with van der Waals surface area (Å²) < 4.78 is 16.9. The topological polar surface area (TPSA) is 78.9 Å². The molecule has 1 unspecified atom stereocenters. The van der Waals surface area contributed by atoms with Crippen molar-refractivity contribution < 1.29 is 28.6 Å². The van der Waals surface area contributed by atoms with E-state index in [0.29, 0.717) is 19.3 Å². The van der Waals surface area contributed by atoms with Gasteiger partial charge >= 0.3 is 17.9 Å². The second-order valence-electron chi connectivity index (χ2n) is 21.6. The van der Waals surface area contributed by atoms with Gasteiger partial charge in [-0.1, -0.05) is 279 Å². The molecule has 1 atom stereocenters. The van der Waals surface area contributed by atoms with Gasteiger partial charge in [0.25, 0.3) is 0 Å². The summed E-state index contributed by atoms with van der Waals surface area (Å²) in [4.78, 5) is 38.3. The van der Waals surface area contributed by atoms with E-state index in [9.17, 15) is 14.4 Å². The first-order valence-corrected chi connectivity index (χ1v) is 32.6.